The first kappa shape index (κ1) is 13.7. The van der Waals surface area contributed by atoms with E-state index in [-0.39, 0.29) is 12.4 Å². The van der Waals surface area contributed by atoms with Gasteiger partial charge in [0.25, 0.3) is 0 Å². The Morgan fingerprint density at radius 1 is 1.47 bits per heavy atom. The Morgan fingerprint density at radius 2 is 2.12 bits per heavy atom. The van der Waals surface area contributed by atoms with Gasteiger partial charge in [0.1, 0.15) is 0 Å². The minimum atomic E-state index is -0.258. The van der Waals surface area contributed by atoms with Crippen LogP contribution in [-0.2, 0) is 21.3 Å². The summed E-state index contributed by atoms with van der Waals surface area (Å²) in [6, 6.07) is 5.93. The minimum absolute atomic E-state index is 0.219. The van der Waals surface area contributed by atoms with Gasteiger partial charge in [-0.3, -0.25) is 4.79 Å². The number of ether oxygens (including phenoxy) is 1. The van der Waals surface area contributed by atoms with Gasteiger partial charge in [0, 0.05) is 5.33 Å². The first-order chi connectivity index (χ1) is 8.13. The van der Waals surface area contributed by atoms with Crippen LogP contribution in [0.1, 0.15) is 29.2 Å². The summed E-state index contributed by atoms with van der Waals surface area (Å²) in [7, 11) is 0. The second kappa shape index (κ2) is 6.41. The molecule has 3 nitrogen and oxygen atoms in total. The summed E-state index contributed by atoms with van der Waals surface area (Å²) in [5.41, 5.74) is 3.29. The van der Waals surface area contributed by atoms with Gasteiger partial charge in [-0.2, -0.15) is 5.26 Å². The quantitative estimate of drug-likeness (QED) is 0.634. The molecule has 1 aromatic carbocycles. The van der Waals surface area contributed by atoms with Crippen molar-refractivity contribution >= 4 is 21.9 Å². The van der Waals surface area contributed by atoms with E-state index < -0.39 is 0 Å². The Balaban J connectivity index is 3.04. The molecule has 0 atom stereocenters. The first-order valence-corrected chi connectivity index (χ1v) is 6.49. The van der Waals surface area contributed by atoms with E-state index in [0.29, 0.717) is 17.5 Å². The average molecular weight is 296 g/mol. The molecule has 0 unspecified atom stereocenters. The summed E-state index contributed by atoms with van der Waals surface area (Å²) in [5.74, 6) is -0.258. The van der Waals surface area contributed by atoms with Crippen LogP contribution < -0.4 is 0 Å². The Morgan fingerprint density at radius 3 is 2.65 bits per heavy atom. The zero-order valence-electron chi connectivity index (χ0n) is 9.92. The molecule has 4 heteroatoms. The number of hydrogen-bond donors (Lipinski definition) is 0. The van der Waals surface area contributed by atoms with E-state index in [1.54, 1.807) is 6.92 Å². The molecule has 0 aliphatic carbocycles. The molecule has 0 aliphatic heterocycles. The lowest BCUT2D eigenvalue weighted by atomic mass is 9.97. The highest BCUT2D eigenvalue weighted by Gasteiger charge is 2.12. The fourth-order valence-electron chi connectivity index (χ4n) is 1.64. The monoisotopic (exact) mass is 295 g/mol. The SMILES string of the molecule is CCOC(=O)Cc1ccc(CBr)c(C#N)c1C. The number of carbonyl (C=O) groups excluding carboxylic acids is 1. The van der Waals surface area contributed by atoms with Gasteiger partial charge in [-0.25, -0.2) is 0 Å². The van der Waals surface area contributed by atoms with Crippen molar-refractivity contribution in [2.75, 3.05) is 6.61 Å². The first-order valence-electron chi connectivity index (χ1n) is 5.37. The van der Waals surface area contributed by atoms with Gasteiger partial charge in [-0.15, -0.1) is 0 Å². The largest absolute Gasteiger partial charge is 0.466 e. The van der Waals surface area contributed by atoms with E-state index in [9.17, 15) is 4.79 Å². The van der Waals surface area contributed by atoms with Crippen molar-refractivity contribution in [2.45, 2.75) is 25.6 Å². The molecule has 0 heterocycles. The zero-order chi connectivity index (χ0) is 12.8. The molecule has 0 saturated carbocycles. The molecule has 0 spiro atoms. The maximum Gasteiger partial charge on any atom is 0.310 e. The summed E-state index contributed by atoms with van der Waals surface area (Å²) >= 11 is 3.34. The number of esters is 1. The highest BCUT2D eigenvalue weighted by Crippen LogP contribution is 2.20. The Labute approximate surface area is 110 Å². The van der Waals surface area contributed by atoms with E-state index in [0.717, 1.165) is 16.7 Å². The number of halogens is 1. The third-order valence-corrected chi connectivity index (χ3v) is 3.16. The summed E-state index contributed by atoms with van der Waals surface area (Å²) in [5, 5.41) is 9.74. The Kier molecular flexibility index (Phi) is 5.17. The third-order valence-electron chi connectivity index (χ3n) is 2.56. The molecule has 0 amide bonds. The van der Waals surface area contributed by atoms with Gasteiger partial charge in [0.05, 0.1) is 24.7 Å². The van der Waals surface area contributed by atoms with E-state index in [2.05, 4.69) is 22.0 Å². The van der Waals surface area contributed by atoms with Gasteiger partial charge < -0.3 is 4.74 Å². The maximum atomic E-state index is 11.4. The Bertz CT molecular complexity index is 463. The predicted molar refractivity (Wildman–Crippen MR) is 68.9 cm³/mol. The van der Waals surface area contributed by atoms with Gasteiger partial charge in [-0.05, 0) is 30.5 Å². The topological polar surface area (TPSA) is 50.1 Å². The van der Waals surface area contributed by atoms with Crippen LogP contribution in [0.4, 0.5) is 0 Å². The lowest BCUT2D eigenvalue weighted by Crippen LogP contribution is -2.09. The Hall–Kier alpha value is -1.34. The highest BCUT2D eigenvalue weighted by atomic mass is 79.9. The van der Waals surface area contributed by atoms with Gasteiger partial charge >= 0.3 is 5.97 Å². The van der Waals surface area contributed by atoms with Crippen molar-refractivity contribution in [2.24, 2.45) is 0 Å². The molecule has 0 fully saturated rings. The van der Waals surface area contributed by atoms with Crippen molar-refractivity contribution < 1.29 is 9.53 Å². The van der Waals surface area contributed by atoms with Gasteiger partial charge in [0.15, 0.2) is 0 Å². The van der Waals surface area contributed by atoms with E-state index >= 15 is 0 Å². The maximum absolute atomic E-state index is 11.4. The van der Waals surface area contributed by atoms with Crippen LogP contribution in [0.5, 0.6) is 0 Å². The molecule has 17 heavy (non-hydrogen) atoms. The summed E-state index contributed by atoms with van der Waals surface area (Å²) in [6.07, 6.45) is 0.219. The van der Waals surface area contributed by atoms with Crippen LogP contribution in [0.15, 0.2) is 12.1 Å². The number of carbonyl (C=O) groups is 1. The molecule has 0 aromatic heterocycles. The van der Waals surface area contributed by atoms with Crippen LogP contribution in [0.25, 0.3) is 0 Å². The van der Waals surface area contributed by atoms with E-state index in [1.807, 2.05) is 19.1 Å². The second-order valence-electron chi connectivity index (χ2n) is 3.61. The number of rotatable bonds is 4. The molecule has 0 radical (unpaired) electrons. The molecule has 0 N–H and O–H groups in total. The summed E-state index contributed by atoms with van der Waals surface area (Å²) in [6.45, 7) is 4.02. The van der Waals surface area contributed by atoms with E-state index in [1.165, 1.54) is 0 Å². The second-order valence-corrected chi connectivity index (χ2v) is 4.17. The van der Waals surface area contributed by atoms with Gasteiger partial charge in [-0.1, -0.05) is 28.1 Å². The van der Waals surface area contributed by atoms with E-state index in [4.69, 9.17) is 10.00 Å². The summed E-state index contributed by atoms with van der Waals surface area (Å²) < 4.78 is 4.90. The van der Waals surface area contributed by atoms with Crippen molar-refractivity contribution in [1.82, 2.24) is 0 Å². The fraction of sp³-hybridized carbons (Fsp3) is 0.385. The molecule has 0 saturated heterocycles. The van der Waals surface area contributed by atoms with Crippen molar-refractivity contribution in [3.63, 3.8) is 0 Å². The normalized spacial score (nSPS) is 9.76. The number of hydrogen-bond acceptors (Lipinski definition) is 3. The lowest BCUT2D eigenvalue weighted by molar-refractivity contribution is -0.142. The molecule has 90 valence electrons. The standard InChI is InChI=1S/C13H14BrNO2/c1-3-17-13(16)6-10-4-5-11(7-14)12(8-15)9(10)2/h4-5H,3,6-7H2,1-2H3. The third kappa shape index (κ3) is 3.31. The van der Waals surface area contributed by atoms with Gasteiger partial charge in [0.2, 0.25) is 0 Å². The number of nitriles is 1. The molecular formula is C13H14BrNO2. The van der Waals surface area contributed by atoms with Crippen molar-refractivity contribution in [3.05, 3.63) is 34.4 Å². The fourth-order valence-corrected chi connectivity index (χ4v) is 2.10. The minimum Gasteiger partial charge on any atom is -0.466 e. The number of benzene rings is 1. The zero-order valence-corrected chi connectivity index (χ0v) is 11.5. The average Bonchev–Trinajstić information content (AvgIpc) is 2.31. The predicted octanol–water partition coefficient (Wildman–Crippen LogP) is 2.87. The molecule has 0 aliphatic rings. The molecule has 1 rings (SSSR count). The number of alkyl halides is 1. The van der Waals surface area contributed by atoms with Crippen LogP contribution in [0, 0.1) is 18.3 Å². The van der Waals surface area contributed by atoms with Crippen LogP contribution in [0.2, 0.25) is 0 Å². The summed E-state index contributed by atoms with van der Waals surface area (Å²) in [4.78, 5) is 11.4. The smallest absolute Gasteiger partial charge is 0.310 e. The lowest BCUT2D eigenvalue weighted by Gasteiger charge is -2.10. The van der Waals surface area contributed by atoms with Crippen molar-refractivity contribution in [1.29, 1.82) is 5.26 Å². The van der Waals surface area contributed by atoms with Crippen LogP contribution >= 0.6 is 15.9 Å². The molecular weight excluding hydrogens is 282 g/mol. The molecule has 1 aromatic rings. The van der Waals surface area contributed by atoms with Crippen LogP contribution in [0.3, 0.4) is 0 Å². The highest BCUT2D eigenvalue weighted by molar-refractivity contribution is 9.08. The van der Waals surface area contributed by atoms with Crippen molar-refractivity contribution in [3.8, 4) is 6.07 Å². The number of nitrogens with zero attached hydrogens (tertiary/aromatic N) is 1. The van der Waals surface area contributed by atoms with Crippen LogP contribution in [-0.4, -0.2) is 12.6 Å². The molecule has 0 bridgehead atoms.